The van der Waals surface area contributed by atoms with Gasteiger partial charge in [0.25, 0.3) is 0 Å². The maximum Gasteiger partial charge on any atom is 0.192 e. The minimum Gasteiger partial charge on any atom is -0.412 e. The quantitative estimate of drug-likeness (QED) is 0.606. The lowest BCUT2D eigenvalue weighted by molar-refractivity contribution is 0.276. The molecule has 0 N–H and O–H groups in total. The van der Waals surface area contributed by atoms with E-state index < -0.39 is 8.32 Å². The molecule has 0 aliphatic carbocycles. The summed E-state index contributed by atoms with van der Waals surface area (Å²) < 4.78 is 7.86. The van der Waals surface area contributed by atoms with Crippen LogP contribution in [-0.4, -0.2) is 18.1 Å². The molecule has 0 saturated heterocycles. The van der Waals surface area contributed by atoms with E-state index in [1.807, 2.05) is 12.4 Å². The van der Waals surface area contributed by atoms with Crippen LogP contribution in [0.3, 0.4) is 0 Å². The van der Waals surface area contributed by atoms with Crippen molar-refractivity contribution in [2.45, 2.75) is 52.1 Å². The van der Waals surface area contributed by atoms with Gasteiger partial charge >= 0.3 is 0 Å². The van der Waals surface area contributed by atoms with Crippen molar-refractivity contribution in [3.05, 3.63) is 18.0 Å². The highest BCUT2D eigenvalue weighted by Gasteiger charge is 2.37. The van der Waals surface area contributed by atoms with Crippen LogP contribution in [0.5, 0.6) is 0 Å². The van der Waals surface area contributed by atoms with E-state index >= 15 is 0 Å². The Morgan fingerprint density at radius 1 is 1.47 bits per heavy atom. The first-order valence-electron chi connectivity index (χ1n) is 5.85. The number of aromatic nitrogens is 2. The highest BCUT2D eigenvalue weighted by atomic mass is 28.4. The topological polar surface area (TPSA) is 27.1 Å². The molecule has 0 fully saturated rings. The number of hydrogen-bond donors (Lipinski definition) is 0. The summed E-state index contributed by atoms with van der Waals surface area (Å²) >= 11 is 0. The molecule has 0 aliphatic heterocycles. The van der Waals surface area contributed by atoms with Gasteiger partial charge in [0.05, 0.1) is 12.8 Å². The van der Waals surface area contributed by atoms with Crippen LogP contribution in [0.15, 0.2) is 12.4 Å². The molecular weight excluding hydrogens is 228 g/mol. The van der Waals surface area contributed by atoms with Crippen LogP contribution in [0.2, 0.25) is 18.1 Å². The Morgan fingerprint density at radius 3 is 2.65 bits per heavy atom. The summed E-state index contributed by atoms with van der Waals surface area (Å²) in [5.74, 6) is 2.56. The second-order valence-corrected chi connectivity index (χ2v) is 10.6. The predicted octanol–water partition coefficient (Wildman–Crippen LogP) is 3.04. The Kier molecular flexibility index (Phi) is 4.18. The van der Waals surface area contributed by atoms with Crippen molar-refractivity contribution >= 4 is 8.32 Å². The zero-order valence-corrected chi connectivity index (χ0v) is 12.4. The summed E-state index contributed by atoms with van der Waals surface area (Å²) in [4.78, 5) is 0. The minimum absolute atomic E-state index is 0.238. The first-order chi connectivity index (χ1) is 7.76. The largest absolute Gasteiger partial charge is 0.412 e. The van der Waals surface area contributed by atoms with Crippen molar-refractivity contribution in [1.82, 2.24) is 9.78 Å². The molecule has 0 atom stereocenters. The third-order valence-electron chi connectivity index (χ3n) is 3.35. The fourth-order valence-electron chi connectivity index (χ4n) is 1.14. The van der Waals surface area contributed by atoms with Crippen LogP contribution in [0, 0.1) is 12.3 Å². The van der Waals surface area contributed by atoms with Gasteiger partial charge in [-0.25, -0.2) is 0 Å². The fourth-order valence-corrected chi connectivity index (χ4v) is 2.10. The summed E-state index contributed by atoms with van der Waals surface area (Å²) in [6.45, 7) is 12.3. The van der Waals surface area contributed by atoms with Crippen molar-refractivity contribution in [3.63, 3.8) is 0 Å². The molecule has 0 radical (unpaired) electrons. The Balaban J connectivity index is 2.59. The molecule has 0 spiro atoms. The van der Waals surface area contributed by atoms with E-state index in [9.17, 15) is 0 Å². The highest BCUT2D eigenvalue weighted by molar-refractivity contribution is 6.74. The van der Waals surface area contributed by atoms with Gasteiger partial charge in [0.2, 0.25) is 0 Å². The van der Waals surface area contributed by atoms with Gasteiger partial charge in [0.1, 0.15) is 6.54 Å². The lowest BCUT2D eigenvalue weighted by Gasteiger charge is -2.36. The first-order valence-corrected chi connectivity index (χ1v) is 8.76. The molecule has 0 unspecified atom stereocenters. The zero-order chi connectivity index (χ0) is 13.1. The molecule has 0 amide bonds. The molecule has 1 heterocycles. The van der Waals surface area contributed by atoms with E-state index in [2.05, 4.69) is 44.9 Å². The molecule has 94 valence electrons. The van der Waals surface area contributed by atoms with Gasteiger partial charge in [-0.05, 0) is 18.1 Å². The Bertz CT molecular complexity index is 410. The third-order valence-corrected chi connectivity index (χ3v) is 7.82. The van der Waals surface area contributed by atoms with Crippen LogP contribution in [-0.2, 0) is 17.6 Å². The Hall–Kier alpha value is -1.05. The van der Waals surface area contributed by atoms with Crippen LogP contribution >= 0.6 is 0 Å². The van der Waals surface area contributed by atoms with E-state index in [0.717, 1.165) is 5.56 Å². The van der Waals surface area contributed by atoms with Gasteiger partial charge in [-0.1, -0.05) is 26.7 Å². The maximum absolute atomic E-state index is 6.11. The van der Waals surface area contributed by atoms with Crippen molar-refractivity contribution in [1.29, 1.82) is 0 Å². The molecular formula is C13H22N2OSi. The summed E-state index contributed by atoms with van der Waals surface area (Å²) in [6.07, 6.45) is 9.01. The number of hydrogen-bond acceptors (Lipinski definition) is 2. The molecule has 4 heteroatoms. The normalized spacial score (nSPS) is 12.5. The predicted molar refractivity (Wildman–Crippen MR) is 73.0 cm³/mol. The standard InChI is InChI=1S/C13H22N2OSi/c1-7-8-15-10-12(9-14-15)11-16-17(5,6)13(2,3)4/h1,9-10H,8,11H2,2-6H3. The van der Waals surface area contributed by atoms with E-state index in [0.29, 0.717) is 13.2 Å². The lowest BCUT2D eigenvalue weighted by atomic mass is 10.2. The molecule has 3 nitrogen and oxygen atoms in total. The SMILES string of the molecule is C#CCn1cc(CO[Si](C)(C)C(C)(C)C)cn1. The van der Waals surface area contributed by atoms with Gasteiger partial charge in [-0.2, -0.15) is 5.10 Å². The monoisotopic (exact) mass is 250 g/mol. The molecule has 0 saturated carbocycles. The Labute approximate surface area is 105 Å². The maximum atomic E-state index is 6.11. The molecule has 17 heavy (non-hydrogen) atoms. The average molecular weight is 250 g/mol. The fraction of sp³-hybridized carbons (Fsp3) is 0.615. The summed E-state index contributed by atoms with van der Waals surface area (Å²) in [5.41, 5.74) is 1.09. The average Bonchev–Trinajstić information content (AvgIpc) is 2.62. The van der Waals surface area contributed by atoms with Crippen molar-refractivity contribution in [3.8, 4) is 12.3 Å². The van der Waals surface area contributed by atoms with Gasteiger partial charge < -0.3 is 4.43 Å². The lowest BCUT2D eigenvalue weighted by Crippen LogP contribution is -2.40. The van der Waals surface area contributed by atoms with E-state index in [1.165, 1.54) is 0 Å². The second kappa shape index (κ2) is 5.07. The van der Waals surface area contributed by atoms with Crippen molar-refractivity contribution in [2.24, 2.45) is 0 Å². The minimum atomic E-state index is -1.67. The Morgan fingerprint density at radius 2 is 2.12 bits per heavy atom. The number of nitrogens with zero attached hydrogens (tertiary/aromatic N) is 2. The first kappa shape index (κ1) is 14.0. The third kappa shape index (κ3) is 3.72. The van der Waals surface area contributed by atoms with Crippen LogP contribution in [0.1, 0.15) is 26.3 Å². The van der Waals surface area contributed by atoms with Gasteiger partial charge in [0, 0.05) is 11.8 Å². The van der Waals surface area contributed by atoms with Gasteiger partial charge in [0.15, 0.2) is 8.32 Å². The number of terminal acetylenes is 1. The van der Waals surface area contributed by atoms with Crippen LogP contribution < -0.4 is 0 Å². The molecule has 1 aromatic rings. The van der Waals surface area contributed by atoms with E-state index in [4.69, 9.17) is 10.8 Å². The van der Waals surface area contributed by atoms with Gasteiger partial charge in [-0.15, -0.1) is 6.42 Å². The van der Waals surface area contributed by atoms with Crippen LogP contribution in [0.4, 0.5) is 0 Å². The zero-order valence-electron chi connectivity index (χ0n) is 11.4. The van der Waals surface area contributed by atoms with E-state index in [1.54, 1.807) is 4.68 Å². The molecule has 0 aromatic carbocycles. The summed E-state index contributed by atoms with van der Waals surface area (Å²) in [6, 6.07) is 0. The van der Waals surface area contributed by atoms with Crippen LogP contribution in [0.25, 0.3) is 0 Å². The molecule has 1 rings (SSSR count). The summed E-state index contributed by atoms with van der Waals surface area (Å²) in [5, 5.41) is 4.42. The van der Waals surface area contributed by atoms with Gasteiger partial charge in [-0.3, -0.25) is 4.68 Å². The summed E-state index contributed by atoms with van der Waals surface area (Å²) in [7, 11) is -1.67. The number of rotatable bonds is 4. The van der Waals surface area contributed by atoms with Crippen molar-refractivity contribution in [2.75, 3.05) is 0 Å². The van der Waals surface area contributed by atoms with Crippen molar-refractivity contribution < 1.29 is 4.43 Å². The highest BCUT2D eigenvalue weighted by Crippen LogP contribution is 2.36. The molecule has 0 bridgehead atoms. The smallest absolute Gasteiger partial charge is 0.192 e. The second-order valence-electron chi connectivity index (χ2n) is 5.80. The van der Waals surface area contributed by atoms with E-state index in [-0.39, 0.29) is 5.04 Å². The molecule has 0 aliphatic rings. The molecule has 1 aromatic heterocycles.